The molecule has 1 aromatic heterocycles. The van der Waals surface area contributed by atoms with E-state index in [1.165, 1.54) is 0 Å². The molecule has 0 fully saturated rings. The third-order valence-corrected chi connectivity index (χ3v) is 2.06. The summed E-state index contributed by atoms with van der Waals surface area (Å²) < 4.78 is 11.1. The second-order valence-electron chi connectivity index (χ2n) is 4.19. The first-order chi connectivity index (χ1) is 7.37. The van der Waals surface area contributed by atoms with E-state index in [9.17, 15) is 4.79 Å². The molecular formula is C10H15IN2O3. The Morgan fingerprint density at radius 3 is 2.69 bits per heavy atom. The molecular weight excluding hydrogens is 323 g/mol. The van der Waals surface area contributed by atoms with E-state index < -0.39 is 11.7 Å². The normalized spacial score (nSPS) is 11.2. The standard InChI is InChI=1S/C10H15IN2O3/c1-10(2,3)16-9(14)13-12-6-7-4-5-8(11)15-7/h4-5,12H,6H2,1-3H3,(H,13,14). The average Bonchev–Trinajstić information content (AvgIpc) is 2.48. The molecule has 16 heavy (non-hydrogen) atoms. The first-order valence-corrected chi connectivity index (χ1v) is 5.91. The lowest BCUT2D eigenvalue weighted by Gasteiger charge is -2.19. The highest BCUT2D eigenvalue weighted by Crippen LogP contribution is 2.09. The second kappa shape index (κ2) is 5.53. The van der Waals surface area contributed by atoms with E-state index in [0.29, 0.717) is 6.54 Å². The molecule has 0 saturated heterocycles. The van der Waals surface area contributed by atoms with Gasteiger partial charge in [0.25, 0.3) is 0 Å². The summed E-state index contributed by atoms with van der Waals surface area (Å²) in [5.74, 6) is 0.750. The van der Waals surface area contributed by atoms with Gasteiger partial charge in [-0.1, -0.05) is 0 Å². The fraction of sp³-hybridized carbons (Fsp3) is 0.500. The molecule has 1 heterocycles. The fourth-order valence-corrected chi connectivity index (χ4v) is 1.42. The summed E-state index contributed by atoms with van der Waals surface area (Å²) in [5.41, 5.74) is 4.64. The number of hydrogen-bond acceptors (Lipinski definition) is 4. The first-order valence-electron chi connectivity index (χ1n) is 4.83. The highest BCUT2D eigenvalue weighted by molar-refractivity contribution is 14.1. The largest absolute Gasteiger partial charge is 0.454 e. The van der Waals surface area contributed by atoms with E-state index in [0.717, 1.165) is 9.53 Å². The minimum atomic E-state index is -0.506. The smallest absolute Gasteiger partial charge is 0.422 e. The van der Waals surface area contributed by atoms with Gasteiger partial charge in [-0.25, -0.2) is 10.2 Å². The molecule has 6 heteroatoms. The van der Waals surface area contributed by atoms with Gasteiger partial charge in [0.15, 0.2) is 3.77 Å². The summed E-state index contributed by atoms with van der Waals surface area (Å²) in [4.78, 5) is 11.2. The van der Waals surface area contributed by atoms with Crippen LogP contribution in [0.25, 0.3) is 0 Å². The van der Waals surface area contributed by atoms with Crippen LogP contribution < -0.4 is 10.9 Å². The van der Waals surface area contributed by atoms with Gasteiger partial charge in [0.2, 0.25) is 0 Å². The number of amides is 1. The lowest BCUT2D eigenvalue weighted by molar-refractivity contribution is 0.0495. The quantitative estimate of drug-likeness (QED) is 0.656. The highest BCUT2D eigenvalue weighted by atomic mass is 127. The molecule has 0 aliphatic heterocycles. The van der Waals surface area contributed by atoms with Gasteiger partial charge in [-0.3, -0.25) is 5.43 Å². The molecule has 0 aliphatic rings. The summed E-state index contributed by atoms with van der Waals surface area (Å²) in [6.07, 6.45) is -0.506. The van der Waals surface area contributed by atoms with Gasteiger partial charge < -0.3 is 9.15 Å². The van der Waals surface area contributed by atoms with E-state index in [1.807, 2.05) is 32.9 Å². The Labute approximate surface area is 108 Å². The zero-order valence-electron chi connectivity index (χ0n) is 9.46. The van der Waals surface area contributed by atoms with E-state index in [-0.39, 0.29) is 0 Å². The SMILES string of the molecule is CC(C)(C)OC(=O)NNCc1ccc(I)o1. The number of hydrazine groups is 1. The first kappa shape index (κ1) is 13.3. The molecule has 0 aromatic carbocycles. The second-order valence-corrected chi connectivity index (χ2v) is 5.25. The van der Waals surface area contributed by atoms with Crippen molar-refractivity contribution in [3.63, 3.8) is 0 Å². The molecule has 2 N–H and O–H groups in total. The monoisotopic (exact) mass is 338 g/mol. The average molecular weight is 338 g/mol. The van der Waals surface area contributed by atoms with Crippen LogP contribution in [0, 0.1) is 3.77 Å². The predicted molar refractivity (Wildman–Crippen MR) is 67.6 cm³/mol. The van der Waals surface area contributed by atoms with Crippen molar-refractivity contribution < 1.29 is 13.9 Å². The molecule has 1 aromatic rings. The van der Waals surface area contributed by atoms with E-state index in [2.05, 4.69) is 33.4 Å². The van der Waals surface area contributed by atoms with Gasteiger partial charge in [0.1, 0.15) is 11.4 Å². The van der Waals surface area contributed by atoms with E-state index in [4.69, 9.17) is 9.15 Å². The summed E-state index contributed by atoms with van der Waals surface area (Å²) >= 11 is 2.08. The van der Waals surface area contributed by atoms with Crippen LogP contribution in [0.5, 0.6) is 0 Å². The van der Waals surface area contributed by atoms with Crippen molar-refractivity contribution in [2.45, 2.75) is 32.9 Å². The molecule has 0 spiro atoms. The Hall–Kier alpha value is -0.760. The molecule has 0 atom stereocenters. The van der Waals surface area contributed by atoms with Crippen LogP contribution in [0.2, 0.25) is 0 Å². The minimum Gasteiger partial charge on any atom is -0.454 e. The summed E-state index contributed by atoms with van der Waals surface area (Å²) in [7, 11) is 0. The molecule has 90 valence electrons. The lowest BCUT2D eigenvalue weighted by Crippen LogP contribution is -2.40. The van der Waals surface area contributed by atoms with Crippen LogP contribution in [0.1, 0.15) is 26.5 Å². The van der Waals surface area contributed by atoms with Crippen molar-refractivity contribution in [1.82, 2.24) is 10.9 Å². The molecule has 0 bridgehead atoms. The third kappa shape index (κ3) is 5.36. The number of rotatable bonds is 3. The van der Waals surface area contributed by atoms with Crippen LogP contribution in [-0.2, 0) is 11.3 Å². The maximum atomic E-state index is 11.2. The zero-order chi connectivity index (χ0) is 12.2. The Morgan fingerprint density at radius 1 is 1.50 bits per heavy atom. The molecule has 0 radical (unpaired) electrons. The van der Waals surface area contributed by atoms with Gasteiger partial charge in [-0.15, -0.1) is 0 Å². The highest BCUT2D eigenvalue weighted by Gasteiger charge is 2.15. The molecule has 0 aliphatic carbocycles. The fourth-order valence-electron chi connectivity index (χ4n) is 0.954. The van der Waals surface area contributed by atoms with Crippen LogP contribution >= 0.6 is 22.6 Å². The Kier molecular flexibility index (Phi) is 4.60. The van der Waals surface area contributed by atoms with Crippen molar-refractivity contribution in [1.29, 1.82) is 0 Å². The van der Waals surface area contributed by atoms with Crippen molar-refractivity contribution in [3.8, 4) is 0 Å². The number of halogens is 1. The van der Waals surface area contributed by atoms with Gasteiger partial charge in [-0.05, 0) is 55.5 Å². The number of ether oxygens (including phenoxy) is 1. The summed E-state index contributed by atoms with van der Waals surface area (Å²) in [6, 6.07) is 3.69. The van der Waals surface area contributed by atoms with E-state index in [1.54, 1.807) is 0 Å². The number of carbonyl (C=O) groups excluding carboxylic acids is 1. The van der Waals surface area contributed by atoms with Crippen LogP contribution in [0.15, 0.2) is 16.5 Å². The zero-order valence-corrected chi connectivity index (χ0v) is 11.6. The van der Waals surface area contributed by atoms with Crippen molar-refractivity contribution >= 4 is 28.7 Å². The van der Waals surface area contributed by atoms with Crippen LogP contribution in [0.4, 0.5) is 4.79 Å². The summed E-state index contributed by atoms with van der Waals surface area (Å²) in [5, 5.41) is 0. The number of carbonyl (C=O) groups is 1. The molecule has 1 amide bonds. The topological polar surface area (TPSA) is 63.5 Å². The Balaban J connectivity index is 2.23. The molecule has 5 nitrogen and oxygen atoms in total. The molecule has 1 rings (SSSR count). The minimum absolute atomic E-state index is 0.419. The van der Waals surface area contributed by atoms with Crippen molar-refractivity contribution in [3.05, 3.63) is 21.7 Å². The number of hydrogen-bond donors (Lipinski definition) is 2. The van der Waals surface area contributed by atoms with Crippen LogP contribution in [-0.4, -0.2) is 11.7 Å². The third-order valence-electron chi connectivity index (χ3n) is 1.48. The Morgan fingerprint density at radius 2 is 2.19 bits per heavy atom. The van der Waals surface area contributed by atoms with Gasteiger partial charge in [0, 0.05) is 0 Å². The lowest BCUT2D eigenvalue weighted by atomic mass is 10.2. The maximum Gasteiger partial charge on any atom is 0.422 e. The van der Waals surface area contributed by atoms with Crippen molar-refractivity contribution in [2.75, 3.05) is 0 Å². The number of nitrogens with one attached hydrogen (secondary N) is 2. The summed E-state index contributed by atoms with van der Waals surface area (Å²) in [6.45, 7) is 5.84. The van der Waals surface area contributed by atoms with Gasteiger partial charge in [0.05, 0.1) is 6.54 Å². The molecule has 0 saturated carbocycles. The number of furan rings is 1. The van der Waals surface area contributed by atoms with E-state index >= 15 is 0 Å². The Bertz CT molecular complexity index is 357. The molecule has 0 unspecified atom stereocenters. The van der Waals surface area contributed by atoms with Crippen molar-refractivity contribution in [2.24, 2.45) is 0 Å². The predicted octanol–water partition coefficient (Wildman–Crippen LogP) is 2.41. The van der Waals surface area contributed by atoms with Gasteiger partial charge >= 0.3 is 6.09 Å². The van der Waals surface area contributed by atoms with Gasteiger partial charge in [-0.2, -0.15) is 0 Å². The maximum absolute atomic E-state index is 11.2. The van der Waals surface area contributed by atoms with Crippen LogP contribution in [0.3, 0.4) is 0 Å².